The minimum atomic E-state index is -0.756. The first-order valence-corrected chi connectivity index (χ1v) is 5.09. The van der Waals surface area contributed by atoms with Crippen molar-refractivity contribution in [2.75, 3.05) is 7.11 Å². The molecule has 0 fully saturated rings. The van der Waals surface area contributed by atoms with Crippen LogP contribution in [0.5, 0.6) is 5.75 Å². The molecular weight excluding hydrogens is 225 g/mol. The van der Waals surface area contributed by atoms with Crippen LogP contribution in [0.15, 0.2) is 18.2 Å². The highest BCUT2D eigenvalue weighted by molar-refractivity contribution is 5.79. The maximum absolute atomic E-state index is 13.1. The summed E-state index contributed by atoms with van der Waals surface area (Å²) in [5, 5.41) is 8.84. The zero-order valence-electron chi connectivity index (χ0n) is 9.14. The Morgan fingerprint density at radius 3 is 3.06 bits per heavy atom. The van der Waals surface area contributed by atoms with Gasteiger partial charge in [0.1, 0.15) is 17.6 Å². The topological polar surface area (TPSA) is 59.3 Å². The fraction of sp³-hybridized carbons (Fsp3) is 0.333. The number of nitrogens with zero attached hydrogens (tertiary/aromatic N) is 1. The van der Waals surface area contributed by atoms with Gasteiger partial charge < -0.3 is 9.47 Å². The molecule has 4 nitrogen and oxygen atoms in total. The van der Waals surface area contributed by atoms with Crippen LogP contribution in [0, 0.1) is 17.1 Å². The molecule has 0 saturated heterocycles. The van der Waals surface area contributed by atoms with Crippen LogP contribution in [0.2, 0.25) is 0 Å². The van der Waals surface area contributed by atoms with Gasteiger partial charge in [0.25, 0.3) is 0 Å². The fourth-order valence-corrected chi connectivity index (χ4v) is 1.89. The van der Waals surface area contributed by atoms with Gasteiger partial charge >= 0.3 is 5.97 Å². The summed E-state index contributed by atoms with van der Waals surface area (Å²) >= 11 is 0. The molecule has 0 amide bonds. The lowest BCUT2D eigenvalue weighted by molar-refractivity contribution is -0.143. The Kier molecular flexibility index (Phi) is 2.96. The van der Waals surface area contributed by atoms with Crippen molar-refractivity contribution in [2.24, 2.45) is 0 Å². The molecular formula is C12H10FNO3. The number of carbonyl (C=O) groups is 1. The average Bonchev–Trinajstić information content (AvgIpc) is 2.35. The Morgan fingerprint density at radius 2 is 2.41 bits per heavy atom. The van der Waals surface area contributed by atoms with E-state index in [-0.39, 0.29) is 12.2 Å². The minimum Gasteiger partial charge on any atom is -0.475 e. The first kappa shape index (κ1) is 11.4. The Balaban J connectivity index is 2.44. The number of ether oxygens (including phenoxy) is 2. The summed E-state index contributed by atoms with van der Waals surface area (Å²) in [6.07, 6.45) is -0.532. The van der Waals surface area contributed by atoms with E-state index in [4.69, 9.17) is 10.00 Å². The number of esters is 1. The van der Waals surface area contributed by atoms with E-state index in [2.05, 4.69) is 4.74 Å². The van der Waals surface area contributed by atoms with Crippen LogP contribution in [-0.2, 0) is 9.53 Å². The normalized spacial score (nSPS) is 21.9. The standard InChI is InChI=1S/C12H10FNO3/c1-16-12(15)10-5-8(6-14)17-11-4-7(13)2-3-9(10)11/h2-4,8,10H,5H2,1H3. The first-order valence-electron chi connectivity index (χ1n) is 5.09. The lowest BCUT2D eigenvalue weighted by Crippen LogP contribution is -2.29. The largest absolute Gasteiger partial charge is 0.475 e. The van der Waals surface area contributed by atoms with E-state index >= 15 is 0 Å². The summed E-state index contributed by atoms with van der Waals surface area (Å²) in [6, 6.07) is 5.84. The number of benzene rings is 1. The molecule has 0 radical (unpaired) electrons. The molecule has 2 atom stereocenters. The van der Waals surface area contributed by atoms with Crippen LogP contribution in [0.1, 0.15) is 17.9 Å². The lowest BCUT2D eigenvalue weighted by atomic mass is 9.90. The van der Waals surface area contributed by atoms with Crippen LogP contribution >= 0.6 is 0 Å². The molecule has 17 heavy (non-hydrogen) atoms. The molecule has 0 saturated carbocycles. The third kappa shape index (κ3) is 2.07. The van der Waals surface area contributed by atoms with Crippen LogP contribution < -0.4 is 4.74 Å². The molecule has 1 aromatic rings. The second-order valence-electron chi connectivity index (χ2n) is 3.73. The molecule has 0 aromatic heterocycles. The van der Waals surface area contributed by atoms with Crippen molar-refractivity contribution in [3.05, 3.63) is 29.6 Å². The van der Waals surface area contributed by atoms with E-state index < -0.39 is 23.8 Å². The molecule has 0 N–H and O–H groups in total. The molecule has 1 aromatic carbocycles. The zero-order valence-corrected chi connectivity index (χ0v) is 9.14. The number of fused-ring (bicyclic) bond motifs is 1. The van der Waals surface area contributed by atoms with Gasteiger partial charge in [0.15, 0.2) is 6.10 Å². The van der Waals surface area contributed by atoms with Gasteiger partial charge in [-0.25, -0.2) is 4.39 Å². The first-order chi connectivity index (χ1) is 8.15. The number of halogens is 1. The Morgan fingerprint density at radius 1 is 1.65 bits per heavy atom. The van der Waals surface area contributed by atoms with E-state index in [1.165, 1.54) is 25.3 Å². The second-order valence-corrected chi connectivity index (χ2v) is 3.73. The minimum absolute atomic E-state index is 0.224. The predicted molar refractivity (Wildman–Crippen MR) is 55.8 cm³/mol. The summed E-state index contributed by atoms with van der Waals surface area (Å²) < 4.78 is 23.0. The van der Waals surface area contributed by atoms with E-state index in [1.54, 1.807) is 0 Å². The summed E-state index contributed by atoms with van der Waals surface area (Å²) in [5.41, 5.74) is 0.560. The predicted octanol–water partition coefficient (Wildman–Crippen LogP) is 1.76. The molecule has 1 heterocycles. The highest BCUT2D eigenvalue weighted by Crippen LogP contribution is 2.37. The van der Waals surface area contributed by atoms with Crippen molar-refractivity contribution in [3.8, 4) is 11.8 Å². The Bertz CT molecular complexity index is 495. The zero-order chi connectivity index (χ0) is 12.4. The molecule has 5 heteroatoms. The van der Waals surface area contributed by atoms with Crippen LogP contribution in [0.25, 0.3) is 0 Å². The molecule has 2 rings (SSSR count). The maximum atomic E-state index is 13.1. The third-order valence-corrected chi connectivity index (χ3v) is 2.70. The van der Waals surface area contributed by atoms with Crippen molar-refractivity contribution < 1.29 is 18.7 Å². The average molecular weight is 235 g/mol. The molecule has 0 bridgehead atoms. The number of carbonyl (C=O) groups excluding carboxylic acids is 1. The van der Waals surface area contributed by atoms with Crippen molar-refractivity contribution >= 4 is 5.97 Å². The lowest BCUT2D eigenvalue weighted by Gasteiger charge is -2.27. The maximum Gasteiger partial charge on any atom is 0.313 e. The van der Waals surface area contributed by atoms with Gasteiger partial charge in [0.2, 0.25) is 0 Å². The molecule has 1 aliphatic heterocycles. The quantitative estimate of drug-likeness (QED) is 0.696. The van der Waals surface area contributed by atoms with Gasteiger partial charge in [-0.1, -0.05) is 6.07 Å². The van der Waals surface area contributed by atoms with E-state index in [9.17, 15) is 9.18 Å². The summed E-state index contributed by atoms with van der Waals surface area (Å²) in [7, 11) is 1.28. The monoisotopic (exact) mass is 235 g/mol. The van der Waals surface area contributed by atoms with Gasteiger partial charge in [0.05, 0.1) is 13.0 Å². The van der Waals surface area contributed by atoms with E-state index in [0.717, 1.165) is 0 Å². The van der Waals surface area contributed by atoms with Gasteiger partial charge in [0, 0.05) is 18.1 Å². The van der Waals surface area contributed by atoms with Crippen LogP contribution in [0.3, 0.4) is 0 Å². The highest BCUT2D eigenvalue weighted by Gasteiger charge is 2.34. The van der Waals surface area contributed by atoms with Crippen molar-refractivity contribution in [2.45, 2.75) is 18.4 Å². The second kappa shape index (κ2) is 4.42. The number of hydrogen-bond donors (Lipinski definition) is 0. The van der Waals surface area contributed by atoms with Gasteiger partial charge in [-0.3, -0.25) is 4.79 Å². The van der Waals surface area contributed by atoms with Gasteiger partial charge in [-0.2, -0.15) is 5.26 Å². The summed E-state index contributed by atoms with van der Waals surface area (Å²) in [4.78, 5) is 11.6. The van der Waals surface area contributed by atoms with Crippen molar-refractivity contribution in [3.63, 3.8) is 0 Å². The van der Waals surface area contributed by atoms with Gasteiger partial charge in [-0.15, -0.1) is 0 Å². The van der Waals surface area contributed by atoms with Crippen LogP contribution in [0.4, 0.5) is 4.39 Å². The SMILES string of the molecule is COC(=O)C1CC(C#N)Oc2cc(F)ccc21. The molecule has 2 unspecified atom stereocenters. The Labute approximate surface area is 97.6 Å². The number of methoxy groups -OCH3 is 1. The Hall–Kier alpha value is -2.09. The van der Waals surface area contributed by atoms with Crippen molar-refractivity contribution in [1.29, 1.82) is 5.26 Å². The van der Waals surface area contributed by atoms with Crippen LogP contribution in [-0.4, -0.2) is 19.2 Å². The third-order valence-electron chi connectivity index (χ3n) is 2.70. The molecule has 1 aliphatic rings. The highest BCUT2D eigenvalue weighted by atomic mass is 19.1. The van der Waals surface area contributed by atoms with Crippen molar-refractivity contribution in [1.82, 2.24) is 0 Å². The number of hydrogen-bond acceptors (Lipinski definition) is 4. The number of rotatable bonds is 1. The number of nitriles is 1. The smallest absolute Gasteiger partial charge is 0.313 e. The molecule has 0 spiro atoms. The van der Waals surface area contributed by atoms with E-state index in [0.29, 0.717) is 5.56 Å². The molecule has 0 aliphatic carbocycles. The van der Waals surface area contributed by atoms with E-state index in [1.807, 2.05) is 6.07 Å². The summed E-state index contributed by atoms with van der Waals surface area (Å²) in [6.45, 7) is 0. The molecule has 88 valence electrons. The fourth-order valence-electron chi connectivity index (χ4n) is 1.89. The summed E-state index contributed by atoms with van der Waals surface area (Å²) in [5.74, 6) is -1.25. The van der Waals surface area contributed by atoms with Gasteiger partial charge in [-0.05, 0) is 6.07 Å².